The molecule has 1 N–H and O–H groups in total. The average Bonchev–Trinajstić information content (AvgIpc) is 2.88. The molecule has 2 aliphatic heterocycles. The molecule has 0 radical (unpaired) electrons. The van der Waals surface area contributed by atoms with Gasteiger partial charge in [-0.15, -0.1) is 0 Å². The highest BCUT2D eigenvalue weighted by Gasteiger charge is 2.36. The van der Waals surface area contributed by atoms with Crippen LogP contribution >= 0.6 is 0 Å². The van der Waals surface area contributed by atoms with Gasteiger partial charge < -0.3 is 19.7 Å². The minimum absolute atomic E-state index is 0.226. The molecule has 0 bridgehead atoms. The van der Waals surface area contributed by atoms with Crippen molar-refractivity contribution in [1.82, 2.24) is 10.2 Å². The molecule has 4 heteroatoms. The van der Waals surface area contributed by atoms with Gasteiger partial charge in [-0.1, -0.05) is 6.07 Å². The second-order valence-corrected chi connectivity index (χ2v) is 5.70. The number of benzene rings is 1. The van der Waals surface area contributed by atoms with Crippen LogP contribution in [0.2, 0.25) is 0 Å². The highest BCUT2D eigenvalue weighted by Crippen LogP contribution is 2.33. The van der Waals surface area contributed by atoms with E-state index in [-0.39, 0.29) is 5.54 Å². The first kappa shape index (κ1) is 12.8. The van der Waals surface area contributed by atoms with Gasteiger partial charge in [0.05, 0.1) is 0 Å². The molecule has 4 nitrogen and oxygen atoms in total. The zero-order valence-electron chi connectivity index (χ0n) is 11.7. The van der Waals surface area contributed by atoms with Gasteiger partial charge in [-0.2, -0.15) is 0 Å². The Morgan fingerprint density at radius 1 is 1.21 bits per heavy atom. The van der Waals surface area contributed by atoms with Crippen molar-refractivity contribution in [1.29, 1.82) is 0 Å². The number of hydrogen-bond acceptors (Lipinski definition) is 4. The summed E-state index contributed by atoms with van der Waals surface area (Å²) in [5.74, 6) is 1.77. The summed E-state index contributed by atoms with van der Waals surface area (Å²) in [7, 11) is 4.34. The van der Waals surface area contributed by atoms with Crippen molar-refractivity contribution in [3.05, 3.63) is 23.8 Å². The van der Waals surface area contributed by atoms with Gasteiger partial charge in [-0.05, 0) is 51.2 Å². The van der Waals surface area contributed by atoms with Crippen molar-refractivity contribution in [2.75, 3.05) is 40.4 Å². The van der Waals surface area contributed by atoms with Crippen molar-refractivity contribution in [3.8, 4) is 11.5 Å². The fraction of sp³-hybridized carbons (Fsp3) is 0.600. The Kier molecular flexibility index (Phi) is 3.37. The Morgan fingerprint density at radius 2 is 2.00 bits per heavy atom. The van der Waals surface area contributed by atoms with Gasteiger partial charge in [-0.25, -0.2) is 0 Å². The van der Waals surface area contributed by atoms with E-state index in [0.29, 0.717) is 13.2 Å². The van der Waals surface area contributed by atoms with Gasteiger partial charge in [0.15, 0.2) is 11.5 Å². The maximum Gasteiger partial charge on any atom is 0.161 e. The van der Waals surface area contributed by atoms with Crippen molar-refractivity contribution in [3.63, 3.8) is 0 Å². The molecule has 1 atom stereocenters. The third kappa shape index (κ3) is 2.42. The van der Waals surface area contributed by atoms with Gasteiger partial charge in [0.25, 0.3) is 0 Å². The van der Waals surface area contributed by atoms with E-state index in [1.807, 2.05) is 6.07 Å². The van der Waals surface area contributed by atoms with Gasteiger partial charge in [0.1, 0.15) is 13.2 Å². The molecule has 1 saturated heterocycles. The van der Waals surface area contributed by atoms with Gasteiger partial charge in [-0.3, -0.25) is 0 Å². The van der Waals surface area contributed by atoms with Crippen LogP contribution in [0.25, 0.3) is 0 Å². The predicted octanol–water partition coefficient (Wildman–Crippen LogP) is 1.29. The summed E-state index contributed by atoms with van der Waals surface area (Å²) >= 11 is 0. The summed E-state index contributed by atoms with van der Waals surface area (Å²) in [6.45, 7) is 3.45. The van der Waals surface area contributed by atoms with Crippen LogP contribution in [0, 0.1) is 0 Å². The number of likely N-dealkylation sites (N-methyl/N-ethyl adjacent to an activating group) is 1. The highest BCUT2D eigenvalue weighted by molar-refractivity contribution is 5.44. The minimum Gasteiger partial charge on any atom is -0.486 e. The molecule has 2 aliphatic rings. The van der Waals surface area contributed by atoms with E-state index in [1.165, 1.54) is 12.0 Å². The third-order valence-corrected chi connectivity index (χ3v) is 4.31. The summed E-state index contributed by atoms with van der Waals surface area (Å²) in [6.07, 6.45) is 2.23. The van der Waals surface area contributed by atoms with Gasteiger partial charge in [0.2, 0.25) is 0 Å². The smallest absolute Gasteiger partial charge is 0.161 e. The topological polar surface area (TPSA) is 33.7 Å². The summed E-state index contributed by atoms with van der Waals surface area (Å²) in [6, 6.07) is 6.34. The first-order valence-electron chi connectivity index (χ1n) is 6.96. The standard InChI is InChI=1S/C15H22N2O2/c1-17(2)15(5-6-16-11-15)10-12-3-4-13-14(9-12)19-8-7-18-13/h3-4,9,16H,5-8,10-11H2,1-2H3. The first-order chi connectivity index (χ1) is 9.20. The van der Waals surface area contributed by atoms with Crippen LogP contribution < -0.4 is 14.8 Å². The van der Waals surface area contributed by atoms with E-state index in [0.717, 1.165) is 31.0 Å². The molecule has 104 valence electrons. The maximum atomic E-state index is 5.67. The molecule has 0 saturated carbocycles. The predicted molar refractivity (Wildman–Crippen MR) is 75.0 cm³/mol. The van der Waals surface area contributed by atoms with E-state index in [1.54, 1.807) is 0 Å². The zero-order valence-corrected chi connectivity index (χ0v) is 11.7. The molecular weight excluding hydrogens is 240 g/mol. The number of nitrogens with zero attached hydrogens (tertiary/aromatic N) is 1. The van der Waals surface area contributed by atoms with E-state index >= 15 is 0 Å². The summed E-state index contributed by atoms with van der Waals surface area (Å²) in [4.78, 5) is 2.35. The third-order valence-electron chi connectivity index (χ3n) is 4.31. The molecule has 2 heterocycles. The number of nitrogens with one attached hydrogen (secondary N) is 1. The number of ether oxygens (including phenoxy) is 2. The molecule has 1 aromatic carbocycles. The van der Waals surface area contributed by atoms with Crippen LogP contribution in [-0.4, -0.2) is 50.8 Å². The lowest BCUT2D eigenvalue weighted by atomic mass is 9.88. The monoisotopic (exact) mass is 262 g/mol. The van der Waals surface area contributed by atoms with Crippen molar-refractivity contribution in [2.24, 2.45) is 0 Å². The van der Waals surface area contributed by atoms with Gasteiger partial charge >= 0.3 is 0 Å². The maximum absolute atomic E-state index is 5.67. The SMILES string of the molecule is CN(C)C1(Cc2ccc3c(c2)OCCO3)CCNC1. The molecule has 0 aliphatic carbocycles. The fourth-order valence-corrected chi connectivity index (χ4v) is 3.00. The van der Waals surface area contributed by atoms with E-state index in [4.69, 9.17) is 9.47 Å². The van der Waals surface area contributed by atoms with E-state index in [2.05, 4.69) is 36.4 Å². The minimum atomic E-state index is 0.226. The summed E-state index contributed by atoms with van der Waals surface area (Å²) in [5, 5.41) is 3.48. The Morgan fingerprint density at radius 3 is 2.68 bits per heavy atom. The summed E-state index contributed by atoms with van der Waals surface area (Å²) in [5.41, 5.74) is 1.55. The highest BCUT2D eigenvalue weighted by atomic mass is 16.6. The van der Waals surface area contributed by atoms with Crippen molar-refractivity contribution in [2.45, 2.75) is 18.4 Å². The lowest BCUT2D eigenvalue weighted by Crippen LogP contribution is -2.47. The molecule has 19 heavy (non-hydrogen) atoms. The molecule has 3 rings (SSSR count). The summed E-state index contributed by atoms with van der Waals surface area (Å²) < 4.78 is 11.2. The van der Waals surface area contributed by atoms with E-state index in [9.17, 15) is 0 Å². The van der Waals surface area contributed by atoms with Crippen LogP contribution in [0.1, 0.15) is 12.0 Å². The fourth-order valence-electron chi connectivity index (χ4n) is 3.00. The largest absolute Gasteiger partial charge is 0.486 e. The average molecular weight is 262 g/mol. The zero-order chi connectivity index (χ0) is 13.3. The van der Waals surface area contributed by atoms with Crippen molar-refractivity contribution >= 4 is 0 Å². The first-order valence-corrected chi connectivity index (χ1v) is 6.96. The Balaban J connectivity index is 1.82. The Hall–Kier alpha value is -1.26. The Bertz CT molecular complexity index is 453. The van der Waals surface area contributed by atoms with Crippen LogP contribution in [0.15, 0.2) is 18.2 Å². The number of hydrogen-bond donors (Lipinski definition) is 1. The van der Waals surface area contributed by atoms with Crippen molar-refractivity contribution < 1.29 is 9.47 Å². The number of rotatable bonds is 3. The molecule has 1 unspecified atom stereocenters. The molecule has 0 aromatic heterocycles. The second kappa shape index (κ2) is 5.02. The molecular formula is C15H22N2O2. The van der Waals surface area contributed by atoms with Crippen LogP contribution in [0.3, 0.4) is 0 Å². The quantitative estimate of drug-likeness (QED) is 0.890. The molecule has 1 aromatic rings. The Labute approximate surface area is 114 Å². The van der Waals surface area contributed by atoms with Gasteiger partial charge in [0, 0.05) is 12.1 Å². The van der Waals surface area contributed by atoms with Crippen LogP contribution in [0.4, 0.5) is 0 Å². The second-order valence-electron chi connectivity index (χ2n) is 5.70. The number of fused-ring (bicyclic) bond motifs is 1. The lowest BCUT2D eigenvalue weighted by Gasteiger charge is -2.36. The molecule has 0 spiro atoms. The lowest BCUT2D eigenvalue weighted by molar-refractivity contribution is 0.166. The van der Waals surface area contributed by atoms with Crippen LogP contribution in [-0.2, 0) is 6.42 Å². The van der Waals surface area contributed by atoms with E-state index < -0.39 is 0 Å². The van der Waals surface area contributed by atoms with Crippen LogP contribution in [0.5, 0.6) is 11.5 Å². The molecule has 1 fully saturated rings. The molecule has 0 amide bonds. The normalized spacial score (nSPS) is 25.8.